The van der Waals surface area contributed by atoms with Crippen molar-refractivity contribution < 1.29 is 48.0 Å². The highest BCUT2D eigenvalue weighted by Crippen LogP contribution is 2.32. The molecule has 0 bridgehead atoms. The standard InChI is InChI=1S/C27H41NO10/c1-8-14-34-24(32)36-20-13-12-19(16-21(20)37-25(33)35-15-9-2)17-27(22(29)30,28-18(5)10-3)38-23(31)26(6,7)11-4/h12-13,16,18,28H,8-11,14-15,17H2,1-7H3,(H,29,30)/t18?,27-/m0/s1. The molecule has 2 atom stereocenters. The van der Waals surface area contributed by atoms with Gasteiger partial charge in [0.1, 0.15) is 0 Å². The summed E-state index contributed by atoms with van der Waals surface area (Å²) in [6.45, 7) is 12.6. The van der Waals surface area contributed by atoms with Crippen LogP contribution in [0.15, 0.2) is 18.2 Å². The Morgan fingerprint density at radius 3 is 1.95 bits per heavy atom. The number of hydrogen-bond acceptors (Lipinski definition) is 10. The minimum Gasteiger partial charge on any atom is -0.477 e. The molecular formula is C27H41NO10. The van der Waals surface area contributed by atoms with Gasteiger partial charge in [0.15, 0.2) is 11.5 Å². The first kappa shape index (κ1) is 32.7. The number of carboxylic acid groups (broad SMARTS) is 1. The molecule has 0 amide bonds. The van der Waals surface area contributed by atoms with E-state index in [1.165, 1.54) is 18.2 Å². The second-order valence-electron chi connectivity index (χ2n) is 9.57. The first-order valence-electron chi connectivity index (χ1n) is 12.9. The number of ether oxygens (including phenoxy) is 5. The van der Waals surface area contributed by atoms with Crippen LogP contribution < -0.4 is 14.8 Å². The molecule has 1 rings (SSSR count). The first-order valence-corrected chi connectivity index (χ1v) is 12.9. The fraction of sp³-hybridized carbons (Fsp3) is 0.630. The first-order chi connectivity index (χ1) is 17.8. The van der Waals surface area contributed by atoms with Gasteiger partial charge in [0.2, 0.25) is 0 Å². The van der Waals surface area contributed by atoms with E-state index in [0.29, 0.717) is 31.2 Å². The van der Waals surface area contributed by atoms with Crippen molar-refractivity contribution in [1.29, 1.82) is 0 Å². The molecule has 0 aliphatic carbocycles. The number of nitrogens with one attached hydrogen (secondary N) is 1. The van der Waals surface area contributed by atoms with Crippen molar-refractivity contribution in [2.45, 2.75) is 92.3 Å². The van der Waals surface area contributed by atoms with Crippen LogP contribution in [0.1, 0.15) is 79.7 Å². The lowest BCUT2D eigenvalue weighted by atomic mass is 9.90. The van der Waals surface area contributed by atoms with E-state index >= 15 is 0 Å². The van der Waals surface area contributed by atoms with E-state index in [-0.39, 0.29) is 37.2 Å². The zero-order chi connectivity index (χ0) is 28.9. The smallest absolute Gasteiger partial charge is 0.477 e. The Morgan fingerprint density at radius 2 is 1.47 bits per heavy atom. The van der Waals surface area contributed by atoms with Crippen molar-refractivity contribution in [3.63, 3.8) is 0 Å². The minimum absolute atomic E-state index is 0.109. The Hall–Kier alpha value is -3.34. The van der Waals surface area contributed by atoms with Gasteiger partial charge >= 0.3 is 24.2 Å². The van der Waals surface area contributed by atoms with Crippen LogP contribution in [-0.4, -0.2) is 54.3 Å². The summed E-state index contributed by atoms with van der Waals surface area (Å²) in [7, 11) is 0. The third kappa shape index (κ3) is 9.85. The number of carboxylic acids is 1. The number of carbonyl (C=O) groups is 4. The number of rotatable bonds is 15. The quantitative estimate of drug-likeness (QED) is 0.131. The molecule has 2 N–H and O–H groups in total. The average molecular weight is 540 g/mol. The molecule has 0 heterocycles. The maximum absolute atomic E-state index is 13.0. The predicted octanol–water partition coefficient (Wildman–Crippen LogP) is 5.23. The lowest BCUT2D eigenvalue weighted by Gasteiger charge is -2.35. The summed E-state index contributed by atoms with van der Waals surface area (Å²) in [5.41, 5.74) is -2.73. The fourth-order valence-corrected chi connectivity index (χ4v) is 2.96. The second kappa shape index (κ2) is 15.2. The molecule has 11 heteroatoms. The average Bonchev–Trinajstić information content (AvgIpc) is 2.87. The summed E-state index contributed by atoms with van der Waals surface area (Å²) >= 11 is 0. The van der Waals surface area contributed by atoms with Crippen LogP contribution in [0.3, 0.4) is 0 Å². The molecule has 1 aromatic carbocycles. The summed E-state index contributed by atoms with van der Waals surface area (Å²) in [4.78, 5) is 49.7. The molecule has 214 valence electrons. The molecule has 1 unspecified atom stereocenters. The van der Waals surface area contributed by atoms with Crippen molar-refractivity contribution in [2.75, 3.05) is 13.2 Å². The summed E-state index contributed by atoms with van der Waals surface area (Å²) in [6, 6.07) is 3.81. The van der Waals surface area contributed by atoms with E-state index < -0.39 is 35.4 Å². The fourth-order valence-electron chi connectivity index (χ4n) is 2.96. The number of aliphatic carboxylic acids is 1. The molecule has 0 saturated heterocycles. The van der Waals surface area contributed by atoms with Gasteiger partial charge in [0, 0.05) is 12.5 Å². The van der Waals surface area contributed by atoms with Crippen LogP contribution in [-0.2, 0) is 30.2 Å². The lowest BCUT2D eigenvalue weighted by Crippen LogP contribution is -2.60. The summed E-state index contributed by atoms with van der Waals surface area (Å²) in [5, 5.41) is 13.2. The number of hydrogen-bond donors (Lipinski definition) is 2. The monoisotopic (exact) mass is 539 g/mol. The van der Waals surface area contributed by atoms with Crippen LogP contribution in [0.2, 0.25) is 0 Å². The van der Waals surface area contributed by atoms with E-state index in [4.69, 9.17) is 23.7 Å². The molecule has 0 fully saturated rings. The van der Waals surface area contributed by atoms with Gasteiger partial charge in [-0.1, -0.05) is 33.8 Å². The maximum Gasteiger partial charge on any atom is 0.513 e. The highest BCUT2D eigenvalue weighted by molar-refractivity contribution is 5.84. The highest BCUT2D eigenvalue weighted by Gasteiger charge is 2.46. The molecule has 1 aromatic rings. The van der Waals surface area contributed by atoms with E-state index in [2.05, 4.69) is 5.32 Å². The van der Waals surface area contributed by atoms with Crippen LogP contribution in [0.4, 0.5) is 9.59 Å². The molecule has 0 aliphatic heterocycles. The molecule has 38 heavy (non-hydrogen) atoms. The van der Waals surface area contributed by atoms with Crippen molar-refractivity contribution in [2.24, 2.45) is 5.41 Å². The normalized spacial score (nSPS) is 13.6. The highest BCUT2D eigenvalue weighted by atomic mass is 16.7. The maximum atomic E-state index is 13.0. The van der Waals surface area contributed by atoms with E-state index in [1.807, 2.05) is 20.8 Å². The molecule has 11 nitrogen and oxygen atoms in total. The second-order valence-corrected chi connectivity index (χ2v) is 9.57. The van der Waals surface area contributed by atoms with E-state index in [9.17, 15) is 24.3 Å². The summed E-state index contributed by atoms with van der Waals surface area (Å²) in [6.07, 6.45) is -0.219. The van der Waals surface area contributed by atoms with Gasteiger partial charge in [-0.2, -0.15) is 0 Å². The predicted molar refractivity (Wildman–Crippen MR) is 138 cm³/mol. The Balaban J connectivity index is 3.48. The van der Waals surface area contributed by atoms with Gasteiger partial charge in [-0.15, -0.1) is 0 Å². The van der Waals surface area contributed by atoms with E-state index in [1.54, 1.807) is 27.7 Å². The van der Waals surface area contributed by atoms with Gasteiger partial charge in [-0.05, 0) is 64.2 Å². The van der Waals surface area contributed by atoms with Crippen molar-refractivity contribution in [1.82, 2.24) is 5.32 Å². The van der Waals surface area contributed by atoms with Crippen molar-refractivity contribution in [3.8, 4) is 11.5 Å². The number of benzene rings is 1. The number of carbonyl (C=O) groups excluding carboxylic acids is 3. The van der Waals surface area contributed by atoms with Gasteiger partial charge in [0.25, 0.3) is 5.72 Å². The molecular weight excluding hydrogens is 498 g/mol. The Labute approximate surface area is 224 Å². The molecule has 0 saturated carbocycles. The van der Waals surface area contributed by atoms with Crippen LogP contribution in [0.5, 0.6) is 11.5 Å². The van der Waals surface area contributed by atoms with Crippen LogP contribution in [0.25, 0.3) is 0 Å². The third-order valence-corrected chi connectivity index (χ3v) is 5.84. The van der Waals surface area contributed by atoms with Crippen LogP contribution >= 0.6 is 0 Å². The molecule has 0 aromatic heterocycles. The summed E-state index contributed by atoms with van der Waals surface area (Å²) < 4.78 is 26.0. The Morgan fingerprint density at radius 1 is 0.921 bits per heavy atom. The number of esters is 1. The minimum atomic E-state index is -2.12. The SMILES string of the molecule is CCCOC(=O)Oc1ccc(C[C@](NC(C)CC)(OC(=O)C(C)(C)CC)C(=O)O)cc1OC(=O)OCCC. The van der Waals surface area contributed by atoms with Gasteiger partial charge < -0.3 is 28.8 Å². The molecule has 0 spiro atoms. The molecule has 0 radical (unpaired) electrons. The zero-order valence-electron chi connectivity index (χ0n) is 23.4. The lowest BCUT2D eigenvalue weighted by molar-refractivity contribution is -0.191. The summed E-state index contributed by atoms with van der Waals surface area (Å²) in [5.74, 6) is -2.41. The largest absolute Gasteiger partial charge is 0.513 e. The third-order valence-electron chi connectivity index (χ3n) is 5.84. The van der Waals surface area contributed by atoms with Crippen molar-refractivity contribution in [3.05, 3.63) is 23.8 Å². The Bertz CT molecular complexity index is 961. The van der Waals surface area contributed by atoms with Gasteiger partial charge in [0.05, 0.1) is 18.6 Å². The van der Waals surface area contributed by atoms with Crippen LogP contribution in [0, 0.1) is 5.41 Å². The Kier molecular flexibility index (Phi) is 13.0. The molecule has 0 aliphatic rings. The van der Waals surface area contributed by atoms with E-state index in [0.717, 1.165) is 0 Å². The van der Waals surface area contributed by atoms with Gasteiger partial charge in [-0.25, -0.2) is 14.4 Å². The van der Waals surface area contributed by atoms with Gasteiger partial charge in [-0.3, -0.25) is 10.1 Å². The topological polar surface area (TPSA) is 147 Å². The zero-order valence-corrected chi connectivity index (χ0v) is 23.4. The van der Waals surface area contributed by atoms with Crippen molar-refractivity contribution >= 4 is 24.2 Å².